The zero-order valence-electron chi connectivity index (χ0n) is 18.4. The number of carboxylic acid groups (broad SMARTS) is 1. The first kappa shape index (κ1) is 23.4. The van der Waals surface area contributed by atoms with Crippen molar-refractivity contribution in [3.63, 3.8) is 0 Å². The Morgan fingerprint density at radius 2 is 1.97 bits per heavy atom. The number of hydrogen-bond donors (Lipinski definition) is 1. The van der Waals surface area contributed by atoms with Gasteiger partial charge in [-0.2, -0.15) is 0 Å². The zero-order chi connectivity index (χ0) is 23.4. The van der Waals surface area contributed by atoms with E-state index in [0.29, 0.717) is 29.3 Å². The number of aliphatic carboxylic acids is 1. The number of aryl methyl sites for hydroxylation is 1. The van der Waals surface area contributed by atoms with Crippen LogP contribution in [-0.4, -0.2) is 34.3 Å². The summed E-state index contributed by atoms with van der Waals surface area (Å²) in [5.74, 6) is -1.07. The van der Waals surface area contributed by atoms with Crippen LogP contribution in [0.1, 0.15) is 40.5 Å². The van der Waals surface area contributed by atoms with E-state index < -0.39 is 12.1 Å². The van der Waals surface area contributed by atoms with Crippen LogP contribution in [0.15, 0.2) is 49.1 Å². The number of carbonyl (C=O) groups excluding carboxylic acids is 1. The SMILES string of the molecule is C=CCOC(=O)c1ccc2c(c1)c(C)c(C)n2Cc1ccc(Cl)c(O[C@H](CC)C(=O)O)c1. The number of benzene rings is 2. The summed E-state index contributed by atoms with van der Waals surface area (Å²) in [6.07, 6.45) is 0.901. The van der Waals surface area contributed by atoms with E-state index in [-0.39, 0.29) is 12.6 Å². The number of ether oxygens (including phenoxy) is 2. The van der Waals surface area contributed by atoms with Gasteiger partial charge >= 0.3 is 11.9 Å². The summed E-state index contributed by atoms with van der Waals surface area (Å²) in [7, 11) is 0. The van der Waals surface area contributed by atoms with Crippen LogP contribution in [0, 0.1) is 13.8 Å². The molecule has 1 aromatic heterocycles. The van der Waals surface area contributed by atoms with Gasteiger partial charge in [0.25, 0.3) is 0 Å². The minimum atomic E-state index is -1.03. The van der Waals surface area contributed by atoms with Crippen LogP contribution in [0.4, 0.5) is 0 Å². The highest BCUT2D eigenvalue weighted by molar-refractivity contribution is 6.32. The summed E-state index contributed by atoms with van der Waals surface area (Å²) in [6.45, 7) is 10.0. The van der Waals surface area contributed by atoms with E-state index in [9.17, 15) is 14.7 Å². The summed E-state index contributed by atoms with van der Waals surface area (Å²) < 4.78 is 12.9. The smallest absolute Gasteiger partial charge is 0.344 e. The maximum absolute atomic E-state index is 12.2. The van der Waals surface area contributed by atoms with Gasteiger partial charge in [0.05, 0.1) is 10.6 Å². The van der Waals surface area contributed by atoms with Gasteiger partial charge in [-0.25, -0.2) is 9.59 Å². The van der Waals surface area contributed by atoms with Crippen LogP contribution in [-0.2, 0) is 16.1 Å². The first-order valence-corrected chi connectivity index (χ1v) is 10.7. The van der Waals surface area contributed by atoms with E-state index in [4.69, 9.17) is 21.1 Å². The molecule has 32 heavy (non-hydrogen) atoms. The van der Waals surface area contributed by atoms with Crippen molar-refractivity contribution in [3.8, 4) is 5.75 Å². The number of fused-ring (bicyclic) bond motifs is 1. The predicted octanol–water partition coefficient (Wildman–Crippen LogP) is 5.54. The number of carboxylic acids is 1. The van der Waals surface area contributed by atoms with Crippen molar-refractivity contribution in [1.82, 2.24) is 4.57 Å². The first-order chi connectivity index (χ1) is 15.3. The lowest BCUT2D eigenvalue weighted by Gasteiger charge is -2.16. The zero-order valence-corrected chi connectivity index (χ0v) is 19.1. The van der Waals surface area contributed by atoms with Crippen molar-refractivity contribution in [3.05, 3.63) is 76.5 Å². The van der Waals surface area contributed by atoms with Gasteiger partial charge in [-0.05, 0) is 61.7 Å². The van der Waals surface area contributed by atoms with Crippen LogP contribution >= 0.6 is 11.6 Å². The molecule has 0 spiro atoms. The molecule has 2 aromatic carbocycles. The summed E-state index contributed by atoms with van der Waals surface area (Å²) in [4.78, 5) is 23.6. The maximum atomic E-state index is 12.2. The molecule has 0 aliphatic heterocycles. The van der Waals surface area contributed by atoms with Crippen LogP contribution in [0.5, 0.6) is 5.75 Å². The Balaban J connectivity index is 1.94. The number of esters is 1. The highest BCUT2D eigenvalue weighted by Gasteiger charge is 2.19. The number of carbonyl (C=O) groups is 2. The van der Waals surface area contributed by atoms with E-state index in [2.05, 4.69) is 11.1 Å². The summed E-state index contributed by atoms with van der Waals surface area (Å²) in [6, 6.07) is 10.9. The molecule has 0 radical (unpaired) electrons. The Kier molecular flexibility index (Phi) is 7.26. The third-order valence-electron chi connectivity index (χ3n) is 5.46. The van der Waals surface area contributed by atoms with E-state index >= 15 is 0 Å². The Labute approximate surface area is 192 Å². The van der Waals surface area contributed by atoms with Gasteiger partial charge in [0, 0.05) is 23.1 Å². The molecule has 0 aliphatic rings. The third-order valence-corrected chi connectivity index (χ3v) is 5.77. The number of aromatic nitrogens is 1. The molecule has 0 saturated carbocycles. The quantitative estimate of drug-likeness (QED) is 0.338. The molecular formula is C25H26ClNO5. The topological polar surface area (TPSA) is 77.8 Å². The lowest BCUT2D eigenvalue weighted by Crippen LogP contribution is -2.26. The lowest BCUT2D eigenvalue weighted by molar-refractivity contribution is -0.145. The molecule has 0 unspecified atom stereocenters. The highest BCUT2D eigenvalue weighted by atomic mass is 35.5. The first-order valence-electron chi connectivity index (χ1n) is 10.3. The lowest BCUT2D eigenvalue weighted by atomic mass is 10.1. The van der Waals surface area contributed by atoms with Crippen molar-refractivity contribution in [2.45, 2.75) is 39.8 Å². The van der Waals surface area contributed by atoms with Gasteiger partial charge in [0.15, 0.2) is 6.10 Å². The van der Waals surface area contributed by atoms with Crippen LogP contribution in [0.2, 0.25) is 5.02 Å². The van der Waals surface area contributed by atoms with Gasteiger partial charge < -0.3 is 19.1 Å². The second kappa shape index (κ2) is 9.92. The van der Waals surface area contributed by atoms with Crippen LogP contribution in [0.3, 0.4) is 0 Å². The standard InChI is InChI=1S/C25H26ClNO5/c1-5-11-31-25(30)18-8-10-21-19(13-18)15(3)16(4)27(21)14-17-7-9-20(26)23(12-17)32-22(6-2)24(28)29/h5,7-10,12-13,22H,1,6,11,14H2,2-4H3,(H,28,29)/t22-/m1/s1. The van der Waals surface area contributed by atoms with Crippen molar-refractivity contribution in [1.29, 1.82) is 0 Å². The van der Waals surface area contributed by atoms with Crippen molar-refractivity contribution in [2.24, 2.45) is 0 Å². The van der Waals surface area contributed by atoms with Crippen molar-refractivity contribution >= 4 is 34.4 Å². The van der Waals surface area contributed by atoms with E-state index in [1.165, 1.54) is 6.08 Å². The Morgan fingerprint density at radius 1 is 1.22 bits per heavy atom. The average molecular weight is 456 g/mol. The Morgan fingerprint density at radius 3 is 2.62 bits per heavy atom. The molecule has 1 N–H and O–H groups in total. The van der Waals surface area contributed by atoms with Gasteiger partial charge in [0.2, 0.25) is 0 Å². The molecule has 1 heterocycles. The summed E-state index contributed by atoms with van der Waals surface area (Å²) in [5.41, 5.74) is 4.52. The van der Waals surface area contributed by atoms with E-state index in [1.54, 1.807) is 25.1 Å². The van der Waals surface area contributed by atoms with Crippen LogP contribution < -0.4 is 4.74 Å². The molecule has 7 heteroatoms. The largest absolute Gasteiger partial charge is 0.479 e. The average Bonchev–Trinajstić information content (AvgIpc) is 3.01. The molecule has 0 amide bonds. The molecule has 168 valence electrons. The number of halogens is 1. The maximum Gasteiger partial charge on any atom is 0.344 e. The number of rotatable bonds is 9. The monoisotopic (exact) mass is 455 g/mol. The molecule has 0 saturated heterocycles. The van der Waals surface area contributed by atoms with Gasteiger partial charge in [-0.15, -0.1) is 0 Å². The molecule has 0 aliphatic carbocycles. The summed E-state index contributed by atoms with van der Waals surface area (Å²) in [5, 5.41) is 10.6. The van der Waals surface area contributed by atoms with Crippen molar-refractivity contribution in [2.75, 3.05) is 6.61 Å². The highest BCUT2D eigenvalue weighted by Crippen LogP contribution is 2.31. The van der Waals surface area contributed by atoms with E-state index in [1.807, 2.05) is 32.0 Å². The minimum Gasteiger partial charge on any atom is -0.479 e. The van der Waals surface area contributed by atoms with Gasteiger partial charge in [-0.1, -0.05) is 37.2 Å². The fraction of sp³-hybridized carbons (Fsp3) is 0.280. The molecule has 3 rings (SSSR count). The second-order valence-corrected chi connectivity index (χ2v) is 7.94. The molecular weight excluding hydrogens is 430 g/mol. The predicted molar refractivity (Wildman–Crippen MR) is 125 cm³/mol. The molecule has 1 atom stereocenters. The number of hydrogen-bond acceptors (Lipinski definition) is 4. The van der Waals surface area contributed by atoms with Gasteiger partial charge in [0.1, 0.15) is 12.4 Å². The fourth-order valence-electron chi connectivity index (χ4n) is 3.58. The Hall–Kier alpha value is -3.25. The minimum absolute atomic E-state index is 0.164. The fourth-order valence-corrected chi connectivity index (χ4v) is 3.74. The van der Waals surface area contributed by atoms with Crippen molar-refractivity contribution < 1.29 is 24.2 Å². The normalized spacial score (nSPS) is 11.9. The van der Waals surface area contributed by atoms with Crippen LogP contribution in [0.25, 0.3) is 10.9 Å². The third kappa shape index (κ3) is 4.81. The molecule has 0 fully saturated rings. The van der Waals surface area contributed by atoms with E-state index in [0.717, 1.165) is 27.7 Å². The Bertz CT molecular complexity index is 1180. The second-order valence-electron chi connectivity index (χ2n) is 7.53. The summed E-state index contributed by atoms with van der Waals surface area (Å²) >= 11 is 6.24. The molecule has 3 aromatic rings. The molecule has 6 nitrogen and oxygen atoms in total. The molecule has 0 bridgehead atoms. The number of nitrogens with zero attached hydrogens (tertiary/aromatic N) is 1. The van der Waals surface area contributed by atoms with Gasteiger partial charge in [-0.3, -0.25) is 0 Å².